The first-order valence-electron chi connectivity index (χ1n) is 8.35. The second-order valence-corrected chi connectivity index (χ2v) is 6.93. The number of benzene rings is 2. The molecule has 0 bridgehead atoms. The van der Waals surface area contributed by atoms with Gasteiger partial charge in [-0.3, -0.25) is 19.7 Å². The summed E-state index contributed by atoms with van der Waals surface area (Å²) in [6.07, 6.45) is 0.442. The minimum Gasteiger partial charge on any atom is -0.466 e. The fourth-order valence-electron chi connectivity index (χ4n) is 2.51. The molecule has 27 heavy (non-hydrogen) atoms. The predicted molar refractivity (Wildman–Crippen MR) is 108 cm³/mol. The highest BCUT2D eigenvalue weighted by Gasteiger charge is 2.22. The van der Waals surface area contributed by atoms with E-state index in [1.165, 1.54) is 18.2 Å². The van der Waals surface area contributed by atoms with Crippen molar-refractivity contribution in [2.45, 2.75) is 13.3 Å². The van der Waals surface area contributed by atoms with E-state index in [2.05, 4.69) is 5.32 Å². The molecule has 2 rings (SSSR count). The molecule has 0 aliphatic rings. The maximum Gasteiger partial charge on any atom is 0.311 e. The smallest absolute Gasteiger partial charge is 0.311 e. The van der Waals surface area contributed by atoms with E-state index in [1.54, 1.807) is 6.92 Å². The number of non-ortho nitro benzene ring substituents is 1. The number of hydrogen-bond donors (Lipinski definition) is 1. The Morgan fingerprint density at radius 1 is 1.22 bits per heavy atom. The summed E-state index contributed by atoms with van der Waals surface area (Å²) in [6.45, 7) is 2.10. The summed E-state index contributed by atoms with van der Waals surface area (Å²) in [5.41, 5.74) is 1.21. The molecule has 1 atom stereocenters. The van der Waals surface area contributed by atoms with Crippen LogP contribution < -0.4 is 5.32 Å². The molecule has 1 amide bonds. The lowest BCUT2D eigenvalue weighted by molar-refractivity contribution is -0.384. The molecule has 0 saturated carbocycles. The van der Waals surface area contributed by atoms with E-state index in [0.29, 0.717) is 15.6 Å². The number of rotatable bonds is 8. The van der Waals surface area contributed by atoms with Crippen LogP contribution in [-0.2, 0) is 16.0 Å². The Kier molecular flexibility index (Phi) is 7.71. The summed E-state index contributed by atoms with van der Waals surface area (Å²) < 4.78 is 5.58. The van der Waals surface area contributed by atoms with Crippen LogP contribution in [0, 0.1) is 19.6 Å². The summed E-state index contributed by atoms with van der Waals surface area (Å²) in [5.74, 6) is -1.29. The first-order chi connectivity index (χ1) is 12.9. The van der Waals surface area contributed by atoms with E-state index >= 15 is 0 Å². The third kappa shape index (κ3) is 6.02. The van der Waals surface area contributed by atoms with Gasteiger partial charge in [-0.2, -0.15) is 0 Å². The number of hydrogen-bond acceptors (Lipinski definition) is 5. The van der Waals surface area contributed by atoms with Gasteiger partial charge in [0.05, 0.1) is 23.0 Å². The van der Waals surface area contributed by atoms with Crippen LogP contribution in [0.15, 0.2) is 48.5 Å². The Bertz CT molecular complexity index is 826. The van der Waals surface area contributed by atoms with E-state index in [9.17, 15) is 19.7 Å². The summed E-state index contributed by atoms with van der Waals surface area (Å²) in [6, 6.07) is 13.5. The number of ether oxygens (including phenoxy) is 1. The largest absolute Gasteiger partial charge is 0.466 e. The van der Waals surface area contributed by atoms with Crippen molar-refractivity contribution >= 4 is 40.2 Å². The first kappa shape index (κ1) is 20.8. The minimum absolute atomic E-state index is 0.0792. The molecule has 8 heteroatoms. The average Bonchev–Trinajstić information content (AvgIpc) is 2.65. The zero-order chi connectivity index (χ0) is 19.8. The van der Waals surface area contributed by atoms with Gasteiger partial charge >= 0.3 is 5.97 Å². The summed E-state index contributed by atoms with van der Waals surface area (Å²) in [4.78, 5) is 35.0. The second kappa shape index (κ2) is 10.0. The van der Waals surface area contributed by atoms with Gasteiger partial charge in [0.1, 0.15) is 0 Å². The van der Waals surface area contributed by atoms with Crippen LogP contribution >= 0.6 is 22.6 Å². The fourth-order valence-corrected chi connectivity index (χ4v) is 3.25. The van der Waals surface area contributed by atoms with Crippen molar-refractivity contribution in [1.82, 2.24) is 5.32 Å². The molecule has 7 nitrogen and oxygen atoms in total. The molecule has 0 saturated heterocycles. The molecule has 2 aromatic rings. The Morgan fingerprint density at radius 2 is 1.93 bits per heavy atom. The van der Waals surface area contributed by atoms with Gasteiger partial charge in [-0.15, -0.1) is 0 Å². The number of carbonyl (C=O) groups is 2. The van der Waals surface area contributed by atoms with Crippen LogP contribution in [0.4, 0.5) is 5.69 Å². The maximum absolute atomic E-state index is 12.4. The Labute approximate surface area is 170 Å². The molecule has 1 unspecified atom stereocenters. The molecule has 2 aromatic carbocycles. The Morgan fingerprint density at radius 3 is 2.52 bits per heavy atom. The number of halogens is 1. The number of nitro groups is 1. The lowest BCUT2D eigenvalue weighted by Gasteiger charge is -2.17. The first-order valence-corrected chi connectivity index (χ1v) is 9.43. The van der Waals surface area contributed by atoms with Crippen LogP contribution in [-0.4, -0.2) is 30.0 Å². The van der Waals surface area contributed by atoms with Gasteiger partial charge in [0.15, 0.2) is 0 Å². The molecule has 0 aromatic heterocycles. The number of amides is 1. The van der Waals surface area contributed by atoms with E-state index in [4.69, 9.17) is 4.74 Å². The zero-order valence-electron chi connectivity index (χ0n) is 14.7. The van der Waals surface area contributed by atoms with E-state index in [-0.39, 0.29) is 24.8 Å². The second-order valence-electron chi connectivity index (χ2n) is 5.77. The van der Waals surface area contributed by atoms with Gasteiger partial charge in [0.25, 0.3) is 11.6 Å². The summed E-state index contributed by atoms with van der Waals surface area (Å²) >= 11 is 1.88. The zero-order valence-corrected chi connectivity index (χ0v) is 16.8. The molecule has 0 aliphatic carbocycles. The Hall–Kier alpha value is -2.49. The highest BCUT2D eigenvalue weighted by Crippen LogP contribution is 2.20. The fraction of sp³-hybridized carbons (Fsp3) is 0.263. The minimum atomic E-state index is -0.521. The topological polar surface area (TPSA) is 98.5 Å². The molecule has 0 radical (unpaired) electrons. The lowest BCUT2D eigenvalue weighted by atomic mass is 9.99. The van der Waals surface area contributed by atoms with Crippen molar-refractivity contribution in [1.29, 1.82) is 0 Å². The molecule has 0 aliphatic heterocycles. The molecule has 1 N–H and O–H groups in total. The van der Waals surface area contributed by atoms with Gasteiger partial charge in [0, 0.05) is 22.2 Å². The van der Waals surface area contributed by atoms with Gasteiger partial charge in [0.2, 0.25) is 0 Å². The monoisotopic (exact) mass is 482 g/mol. The number of nitrogens with one attached hydrogen (secondary N) is 1. The van der Waals surface area contributed by atoms with Crippen molar-refractivity contribution in [3.05, 3.63) is 73.3 Å². The normalized spacial score (nSPS) is 11.5. The van der Waals surface area contributed by atoms with Crippen molar-refractivity contribution in [2.24, 2.45) is 5.92 Å². The number of carbonyl (C=O) groups excluding carboxylic acids is 2. The van der Waals surface area contributed by atoms with Crippen LogP contribution in [0.3, 0.4) is 0 Å². The third-order valence-corrected chi connectivity index (χ3v) is 4.75. The van der Waals surface area contributed by atoms with Crippen LogP contribution in [0.2, 0.25) is 0 Å². The molecular formula is C19H19IN2O5. The van der Waals surface area contributed by atoms with Gasteiger partial charge in [-0.05, 0) is 47.6 Å². The van der Waals surface area contributed by atoms with Crippen molar-refractivity contribution in [2.75, 3.05) is 13.2 Å². The van der Waals surface area contributed by atoms with Crippen molar-refractivity contribution in [3.8, 4) is 0 Å². The number of nitro benzene ring substituents is 1. The SMILES string of the molecule is CCOC(=O)C(CNC(=O)c1ccc([N+](=O)[O-])cc1I)Cc1ccccc1. The van der Waals surface area contributed by atoms with Crippen LogP contribution in [0.25, 0.3) is 0 Å². The maximum atomic E-state index is 12.4. The van der Waals surface area contributed by atoms with Gasteiger partial charge < -0.3 is 10.1 Å². The molecule has 0 heterocycles. The van der Waals surface area contributed by atoms with Crippen molar-refractivity contribution in [3.63, 3.8) is 0 Å². The average molecular weight is 482 g/mol. The molecule has 0 fully saturated rings. The van der Waals surface area contributed by atoms with E-state index in [0.717, 1.165) is 5.56 Å². The van der Waals surface area contributed by atoms with Gasteiger partial charge in [-0.1, -0.05) is 30.3 Å². The van der Waals surface area contributed by atoms with E-state index in [1.807, 2.05) is 52.9 Å². The van der Waals surface area contributed by atoms with Crippen LogP contribution in [0.5, 0.6) is 0 Å². The standard InChI is InChI=1S/C19H19IN2O5/c1-2-27-19(24)14(10-13-6-4-3-5-7-13)12-21-18(23)16-9-8-15(22(25)26)11-17(16)20/h3-9,11,14H,2,10,12H2,1H3,(H,21,23). The third-order valence-electron chi connectivity index (χ3n) is 3.86. The Balaban J connectivity index is 2.08. The van der Waals surface area contributed by atoms with Crippen molar-refractivity contribution < 1.29 is 19.2 Å². The predicted octanol–water partition coefficient (Wildman–Crippen LogP) is 3.35. The highest BCUT2D eigenvalue weighted by atomic mass is 127. The molecule has 142 valence electrons. The molecular weight excluding hydrogens is 463 g/mol. The number of nitrogens with zero attached hydrogens (tertiary/aromatic N) is 1. The summed E-state index contributed by atoms with van der Waals surface area (Å²) in [7, 11) is 0. The molecule has 0 spiro atoms. The number of esters is 1. The van der Waals surface area contributed by atoms with Gasteiger partial charge in [-0.25, -0.2) is 0 Å². The highest BCUT2D eigenvalue weighted by molar-refractivity contribution is 14.1. The quantitative estimate of drug-likeness (QED) is 0.269. The lowest BCUT2D eigenvalue weighted by Crippen LogP contribution is -2.35. The summed E-state index contributed by atoms with van der Waals surface area (Å²) in [5, 5.41) is 13.5. The van der Waals surface area contributed by atoms with E-state index < -0.39 is 16.7 Å². The van der Waals surface area contributed by atoms with Crippen LogP contribution in [0.1, 0.15) is 22.8 Å².